The molecule has 7 aromatic carbocycles. The molecule has 0 fully saturated rings. The molecular formula is C63H55FN4O. The van der Waals surface area contributed by atoms with E-state index in [0.29, 0.717) is 0 Å². The van der Waals surface area contributed by atoms with E-state index in [9.17, 15) is 0 Å². The highest BCUT2D eigenvalue weighted by Gasteiger charge is 2.54. The largest absolute Gasteiger partial charge is 0.455 e. The Hall–Kier alpha value is -7.70. The number of halogens is 1. The molecule has 1 unspecified atom stereocenters. The van der Waals surface area contributed by atoms with Gasteiger partial charge in [-0.1, -0.05) is 138 Å². The van der Waals surface area contributed by atoms with Crippen molar-refractivity contribution in [2.24, 2.45) is 0 Å². The molecule has 3 heterocycles. The lowest BCUT2D eigenvalue weighted by Gasteiger charge is -2.34. The van der Waals surface area contributed by atoms with Crippen molar-refractivity contribution >= 4 is 50.5 Å². The number of para-hydroxylation sites is 1. The molecule has 69 heavy (non-hydrogen) atoms. The molecule has 0 amide bonds. The zero-order valence-electron chi connectivity index (χ0n) is 40.5. The summed E-state index contributed by atoms with van der Waals surface area (Å²) >= 11 is 0. The number of furan rings is 1. The first-order valence-electron chi connectivity index (χ1n) is 24.1. The van der Waals surface area contributed by atoms with Crippen LogP contribution in [0.5, 0.6) is 0 Å². The molecule has 1 atom stereocenters. The number of benzene rings is 7. The van der Waals surface area contributed by atoms with Crippen LogP contribution in [0.4, 0.5) is 33.0 Å². The molecule has 1 aliphatic heterocycles. The second kappa shape index (κ2) is 15.4. The summed E-state index contributed by atoms with van der Waals surface area (Å²) in [5.41, 5.74) is 17.7. The van der Waals surface area contributed by atoms with E-state index in [1.54, 1.807) is 12.1 Å². The fraction of sp³-hybridized carbons (Fsp3) is 0.190. The number of aryl methyl sites for hydroxylation is 1. The average Bonchev–Trinajstić information content (AvgIpc) is 3.97. The molecule has 0 saturated heterocycles. The summed E-state index contributed by atoms with van der Waals surface area (Å²) in [5.74, 6) is 1.49. The highest BCUT2D eigenvalue weighted by atomic mass is 19.1. The van der Waals surface area contributed by atoms with Gasteiger partial charge in [-0.2, -0.15) is 0 Å². The van der Waals surface area contributed by atoms with Gasteiger partial charge >= 0.3 is 0 Å². The number of dihydropyridines is 1. The van der Waals surface area contributed by atoms with E-state index in [-0.39, 0.29) is 16.6 Å². The molecule has 9 aromatic rings. The van der Waals surface area contributed by atoms with Gasteiger partial charge in [0, 0.05) is 40.8 Å². The van der Waals surface area contributed by atoms with Crippen LogP contribution < -0.4 is 15.1 Å². The van der Waals surface area contributed by atoms with E-state index < -0.39 is 5.41 Å². The lowest BCUT2D eigenvalue weighted by Crippen LogP contribution is -2.31. The number of anilines is 5. The number of aromatic nitrogens is 1. The van der Waals surface area contributed by atoms with Gasteiger partial charge in [-0.15, -0.1) is 0 Å². The van der Waals surface area contributed by atoms with Crippen molar-refractivity contribution in [1.29, 1.82) is 0 Å². The maximum Gasteiger partial charge on any atom is 0.145 e. The minimum atomic E-state index is -0.939. The quantitative estimate of drug-likeness (QED) is 0.180. The van der Waals surface area contributed by atoms with Crippen LogP contribution in [0.25, 0.3) is 44.2 Å². The number of fused-ring (bicyclic) bond motifs is 14. The molecule has 1 spiro atoms. The fourth-order valence-corrected chi connectivity index (χ4v) is 11.2. The Bertz CT molecular complexity index is 3600. The van der Waals surface area contributed by atoms with Crippen LogP contribution >= 0.6 is 0 Å². The van der Waals surface area contributed by atoms with Gasteiger partial charge < -0.3 is 9.73 Å². The van der Waals surface area contributed by atoms with Gasteiger partial charge in [-0.3, -0.25) is 9.80 Å². The molecule has 340 valence electrons. The molecule has 6 heteroatoms. The average molecular weight is 903 g/mol. The topological polar surface area (TPSA) is 44.5 Å². The standard InChI is InChI=1S/C63H55FN4O/c1-38-17-31-56(65-36-38)67(43-24-19-40(20-25-43)61(3,4)5)45-28-30-48-52(34-45)63(50-15-11-9-13-46(50)47-29-23-42(64)33-51(47)63)53-35-54(59-49-14-10-12-16-55(49)69-60(59)58(48)53)68(57-32-18-39(2)37-66-57)44-26-21-41(22-27-44)62(6,7)8/h9-35,37,65H,36H2,1-8H3. The number of pyridine rings is 1. The van der Waals surface area contributed by atoms with Crippen LogP contribution in [0.3, 0.4) is 0 Å². The first kappa shape index (κ1) is 42.6. The lowest BCUT2D eigenvalue weighted by molar-refractivity contribution is 0.590. The second-order valence-corrected chi connectivity index (χ2v) is 21.2. The van der Waals surface area contributed by atoms with E-state index in [0.717, 1.165) is 113 Å². The predicted molar refractivity (Wildman–Crippen MR) is 283 cm³/mol. The minimum Gasteiger partial charge on any atom is -0.455 e. The van der Waals surface area contributed by atoms with E-state index in [1.165, 1.54) is 16.7 Å². The summed E-state index contributed by atoms with van der Waals surface area (Å²) in [4.78, 5) is 9.74. The van der Waals surface area contributed by atoms with Gasteiger partial charge in [0.1, 0.15) is 28.6 Å². The molecule has 5 nitrogen and oxygen atoms in total. The van der Waals surface area contributed by atoms with Crippen molar-refractivity contribution in [3.8, 4) is 22.3 Å². The number of rotatable bonds is 6. The first-order valence-corrected chi connectivity index (χ1v) is 24.1. The molecular weight excluding hydrogens is 848 g/mol. The summed E-state index contributed by atoms with van der Waals surface area (Å²) in [6, 6.07) is 53.6. The third kappa shape index (κ3) is 6.59. The molecule has 2 aromatic heterocycles. The molecule has 1 N–H and O–H groups in total. The summed E-state index contributed by atoms with van der Waals surface area (Å²) in [5, 5.41) is 5.74. The highest BCUT2D eigenvalue weighted by Crippen LogP contribution is 2.66. The van der Waals surface area contributed by atoms with Crippen LogP contribution in [0.15, 0.2) is 186 Å². The molecule has 2 aliphatic carbocycles. The summed E-state index contributed by atoms with van der Waals surface area (Å²) < 4.78 is 23.6. The van der Waals surface area contributed by atoms with E-state index in [2.05, 4.69) is 210 Å². The van der Waals surface area contributed by atoms with Crippen LogP contribution in [0.2, 0.25) is 0 Å². The number of nitrogens with one attached hydrogen (secondary N) is 1. The van der Waals surface area contributed by atoms with Gasteiger partial charge in [0.25, 0.3) is 0 Å². The third-order valence-corrected chi connectivity index (χ3v) is 14.6. The number of nitrogens with zero attached hydrogens (tertiary/aromatic N) is 3. The second-order valence-electron chi connectivity index (χ2n) is 21.2. The fourth-order valence-electron chi connectivity index (χ4n) is 11.2. The van der Waals surface area contributed by atoms with E-state index >= 15 is 4.39 Å². The molecule has 0 bridgehead atoms. The normalized spacial score (nSPS) is 15.9. The van der Waals surface area contributed by atoms with Crippen molar-refractivity contribution in [2.45, 2.75) is 71.6 Å². The Kier molecular flexibility index (Phi) is 9.52. The third-order valence-electron chi connectivity index (χ3n) is 14.6. The zero-order valence-corrected chi connectivity index (χ0v) is 40.5. The van der Waals surface area contributed by atoms with Crippen LogP contribution in [-0.4, -0.2) is 11.5 Å². The maximum absolute atomic E-state index is 16.3. The molecule has 12 rings (SSSR count). The number of hydrogen-bond acceptors (Lipinski definition) is 5. The summed E-state index contributed by atoms with van der Waals surface area (Å²) in [7, 11) is 0. The highest BCUT2D eigenvalue weighted by molar-refractivity contribution is 6.19. The minimum absolute atomic E-state index is 0.00234. The Labute approximate surface area is 404 Å². The van der Waals surface area contributed by atoms with E-state index in [4.69, 9.17) is 9.40 Å². The van der Waals surface area contributed by atoms with Gasteiger partial charge in [-0.25, -0.2) is 9.37 Å². The lowest BCUT2D eigenvalue weighted by atomic mass is 9.70. The van der Waals surface area contributed by atoms with E-state index in [1.807, 2.05) is 18.3 Å². The van der Waals surface area contributed by atoms with Crippen LogP contribution in [0.1, 0.15) is 87.4 Å². The Morgan fingerprint density at radius 1 is 0.594 bits per heavy atom. The number of hydrogen-bond donors (Lipinski definition) is 1. The molecule has 3 aliphatic rings. The van der Waals surface area contributed by atoms with Crippen LogP contribution in [-0.2, 0) is 16.2 Å². The Balaban J connectivity index is 1.20. The number of allylic oxidation sites excluding steroid dienone is 2. The van der Waals surface area contributed by atoms with Gasteiger partial charge in [-0.05, 0) is 153 Å². The van der Waals surface area contributed by atoms with Crippen molar-refractivity contribution in [2.75, 3.05) is 16.3 Å². The maximum atomic E-state index is 16.3. The zero-order chi connectivity index (χ0) is 47.6. The molecule has 0 radical (unpaired) electrons. The monoisotopic (exact) mass is 902 g/mol. The van der Waals surface area contributed by atoms with Crippen LogP contribution in [0, 0.1) is 12.7 Å². The van der Waals surface area contributed by atoms with Crippen molar-refractivity contribution in [3.05, 3.63) is 226 Å². The predicted octanol–water partition coefficient (Wildman–Crippen LogP) is 16.4. The van der Waals surface area contributed by atoms with Gasteiger partial charge in [0.15, 0.2) is 0 Å². The summed E-state index contributed by atoms with van der Waals surface area (Å²) in [6.07, 6.45) is 6.31. The SMILES string of the molecule is CC1=CC=C(N(c2ccc(C(C)(C)C)cc2)c2ccc3c(c2)C2(c4ccccc4-c4ccc(F)cc42)c2cc(N(c4ccc(C(C)(C)C)cc4)c4ccc(C)cn4)c4c(oc5ccccc54)c2-3)NC1. The van der Waals surface area contributed by atoms with Gasteiger partial charge in [0.2, 0.25) is 0 Å². The van der Waals surface area contributed by atoms with Crippen molar-refractivity contribution in [3.63, 3.8) is 0 Å². The molecule has 0 saturated carbocycles. The Morgan fingerprint density at radius 2 is 1.23 bits per heavy atom. The van der Waals surface area contributed by atoms with Crippen molar-refractivity contribution < 1.29 is 8.81 Å². The smallest absolute Gasteiger partial charge is 0.145 e. The summed E-state index contributed by atoms with van der Waals surface area (Å²) in [6.45, 7) is 18.4. The van der Waals surface area contributed by atoms with Crippen molar-refractivity contribution in [1.82, 2.24) is 10.3 Å². The first-order chi connectivity index (χ1) is 33.2. The van der Waals surface area contributed by atoms with Gasteiger partial charge in [0.05, 0.1) is 16.5 Å². The Morgan fingerprint density at radius 3 is 1.91 bits per heavy atom.